The maximum atomic E-state index is 10.8. The largest absolute Gasteiger partial charge is 0.367 e. The molecule has 0 aromatic heterocycles. The van der Waals surface area contributed by atoms with E-state index in [9.17, 15) is 13.2 Å². The van der Waals surface area contributed by atoms with Gasteiger partial charge in [0, 0.05) is 6.26 Å². The number of amides is 1. The van der Waals surface area contributed by atoms with Gasteiger partial charge >= 0.3 is 0 Å². The highest BCUT2D eigenvalue weighted by molar-refractivity contribution is 7.93. The third-order valence-corrected chi connectivity index (χ3v) is 3.20. The minimum atomic E-state index is -3.75. The Morgan fingerprint density at radius 2 is 2.00 bits per heavy atom. The van der Waals surface area contributed by atoms with Gasteiger partial charge in [0.1, 0.15) is 0 Å². The summed E-state index contributed by atoms with van der Waals surface area (Å²) in [4.78, 5) is 10.5. The van der Waals surface area contributed by atoms with Crippen LogP contribution in [0.25, 0.3) is 0 Å². The normalized spacial score (nSPS) is 16.5. The average molecular weight is 176 g/mol. The van der Waals surface area contributed by atoms with Crippen molar-refractivity contribution in [2.24, 2.45) is 5.73 Å². The van der Waals surface area contributed by atoms with Crippen molar-refractivity contribution in [2.45, 2.75) is 11.7 Å². The van der Waals surface area contributed by atoms with Crippen molar-refractivity contribution in [1.82, 2.24) is 0 Å². The molecule has 0 aliphatic carbocycles. The molecule has 0 aliphatic rings. The second-order valence-corrected chi connectivity index (χ2v) is 4.64. The third-order valence-electron chi connectivity index (χ3n) is 1.43. The molecule has 6 heteroatoms. The number of carbonyl (C=O) groups excluding carboxylic acids is 1. The van der Waals surface area contributed by atoms with Gasteiger partial charge in [-0.2, -0.15) is 5.26 Å². The maximum absolute atomic E-state index is 10.8. The molecule has 0 radical (unpaired) electrons. The van der Waals surface area contributed by atoms with Gasteiger partial charge in [0.2, 0.25) is 4.75 Å². The molecule has 0 saturated heterocycles. The molecule has 0 aromatic carbocycles. The number of nitriles is 1. The molecule has 0 heterocycles. The van der Waals surface area contributed by atoms with Crippen molar-refractivity contribution in [2.75, 3.05) is 6.26 Å². The van der Waals surface area contributed by atoms with Crippen molar-refractivity contribution >= 4 is 15.7 Å². The number of nitrogens with two attached hydrogens (primary N) is 1. The molecular formula is C5H8N2O3S. The van der Waals surface area contributed by atoms with E-state index in [1.54, 1.807) is 0 Å². The highest BCUT2D eigenvalue weighted by atomic mass is 32.2. The molecule has 0 rings (SSSR count). The fourth-order valence-electron chi connectivity index (χ4n) is 0.321. The van der Waals surface area contributed by atoms with Crippen LogP contribution in [-0.4, -0.2) is 25.3 Å². The third kappa shape index (κ3) is 1.49. The molecule has 0 bridgehead atoms. The number of hydrogen-bond acceptors (Lipinski definition) is 4. The van der Waals surface area contributed by atoms with Crippen LogP contribution in [0.5, 0.6) is 0 Å². The predicted molar refractivity (Wildman–Crippen MR) is 38.1 cm³/mol. The monoisotopic (exact) mass is 176 g/mol. The van der Waals surface area contributed by atoms with Crippen LogP contribution >= 0.6 is 0 Å². The summed E-state index contributed by atoms with van der Waals surface area (Å²) in [6.07, 6.45) is 0.793. The Bertz CT molecular complexity index is 313. The van der Waals surface area contributed by atoms with Gasteiger partial charge in [-0.25, -0.2) is 8.42 Å². The Balaban J connectivity index is 5.32. The van der Waals surface area contributed by atoms with E-state index in [1.165, 1.54) is 6.07 Å². The first-order valence-corrected chi connectivity index (χ1v) is 4.55. The van der Waals surface area contributed by atoms with Crippen LogP contribution in [0.4, 0.5) is 0 Å². The van der Waals surface area contributed by atoms with Crippen LogP contribution in [0, 0.1) is 11.3 Å². The summed E-state index contributed by atoms with van der Waals surface area (Å²) >= 11 is 0. The van der Waals surface area contributed by atoms with Crippen LogP contribution in [0.1, 0.15) is 6.92 Å². The lowest BCUT2D eigenvalue weighted by Crippen LogP contribution is -2.46. The molecule has 1 amide bonds. The first-order chi connectivity index (χ1) is 4.75. The average Bonchev–Trinajstić information content (AvgIpc) is 1.83. The molecule has 62 valence electrons. The number of primary amides is 1. The van der Waals surface area contributed by atoms with Crippen molar-refractivity contribution in [3.63, 3.8) is 0 Å². The number of nitrogens with zero attached hydrogens (tertiary/aromatic N) is 1. The molecule has 5 nitrogen and oxygen atoms in total. The van der Waals surface area contributed by atoms with Crippen LogP contribution in [-0.2, 0) is 14.6 Å². The van der Waals surface area contributed by atoms with Crippen LogP contribution in [0.3, 0.4) is 0 Å². The topological polar surface area (TPSA) is 101 Å². The number of carbonyl (C=O) groups is 1. The quantitative estimate of drug-likeness (QED) is 0.570. The van der Waals surface area contributed by atoms with Crippen molar-refractivity contribution in [3.05, 3.63) is 0 Å². The molecule has 1 unspecified atom stereocenters. The summed E-state index contributed by atoms with van der Waals surface area (Å²) in [5.74, 6) is -1.15. The van der Waals surface area contributed by atoms with Crippen molar-refractivity contribution in [1.29, 1.82) is 5.26 Å². The van der Waals surface area contributed by atoms with Gasteiger partial charge < -0.3 is 5.73 Å². The first kappa shape index (κ1) is 9.91. The molecule has 0 fully saturated rings. The molecule has 0 saturated carbocycles. The second kappa shape index (κ2) is 2.51. The number of rotatable bonds is 2. The Morgan fingerprint density at radius 3 is 2.00 bits per heavy atom. The lowest BCUT2D eigenvalue weighted by atomic mass is 10.2. The van der Waals surface area contributed by atoms with Gasteiger partial charge in [-0.1, -0.05) is 0 Å². The Hall–Kier alpha value is -1.09. The molecular weight excluding hydrogens is 168 g/mol. The zero-order chi connectivity index (χ0) is 9.28. The second-order valence-electron chi connectivity index (χ2n) is 2.28. The number of sulfone groups is 1. The molecule has 0 aliphatic heterocycles. The molecule has 11 heavy (non-hydrogen) atoms. The number of hydrogen-bond donors (Lipinski definition) is 1. The first-order valence-electron chi connectivity index (χ1n) is 2.66. The summed E-state index contributed by atoms with van der Waals surface area (Å²) in [7, 11) is -3.75. The Morgan fingerprint density at radius 1 is 1.64 bits per heavy atom. The van der Waals surface area contributed by atoms with Gasteiger partial charge in [-0.05, 0) is 6.92 Å². The van der Waals surface area contributed by atoms with Crippen molar-refractivity contribution in [3.8, 4) is 6.07 Å². The highest BCUT2D eigenvalue weighted by Gasteiger charge is 2.42. The van der Waals surface area contributed by atoms with Crippen LogP contribution < -0.4 is 5.73 Å². The zero-order valence-corrected chi connectivity index (χ0v) is 6.97. The van der Waals surface area contributed by atoms with E-state index in [0.29, 0.717) is 0 Å². The fraction of sp³-hybridized carbons (Fsp3) is 0.600. The minimum absolute atomic E-state index is 0.793. The standard InChI is InChI=1S/C5H8N2O3S/c1-5(3-6,4(7)8)11(2,9)10/h1-2H3,(H2,7,8). The molecule has 0 aromatic rings. The van der Waals surface area contributed by atoms with E-state index in [0.717, 1.165) is 13.2 Å². The van der Waals surface area contributed by atoms with Gasteiger partial charge in [0.25, 0.3) is 5.91 Å². The lowest BCUT2D eigenvalue weighted by Gasteiger charge is -2.13. The van der Waals surface area contributed by atoms with E-state index < -0.39 is 20.5 Å². The van der Waals surface area contributed by atoms with E-state index >= 15 is 0 Å². The molecule has 1 atom stereocenters. The zero-order valence-electron chi connectivity index (χ0n) is 6.16. The van der Waals surface area contributed by atoms with Gasteiger partial charge in [0.15, 0.2) is 9.84 Å². The van der Waals surface area contributed by atoms with E-state index in [1.807, 2.05) is 0 Å². The van der Waals surface area contributed by atoms with Gasteiger partial charge in [-0.3, -0.25) is 4.79 Å². The predicted octanol–water partition coefficient (Wildman–Crippen LogP) is -1.20. The minimum Gasteiger partial charge on any atom is -0.367 e. The molecule has 0 spiro atoms. The van der Waals surface area contributed by atoms with Crippen LogP contribution in [0.2, 0.25) is 0 Å². The van der Waals surface area contributed by atoms with Crippen molar-refractivity contribution < 1.29 is 13.2 Å². The summed E-state index contributed by atoms with van der Waals surface area (Å²) in [6, 6.07) is 1.36. The highest BCUT2D eigenvalue weighted by Crippen LogP contribution is 2.13. The van der Waals surface area contributed by atoms with Crippen LogP contribution in [0.15, 0.2) is 0 Å². The smallest absolute Gasteiger partial charge is 0.253 e. The van der Waals surface area contributed by atoms with Gasteiger partial charge in [-0.15, -0.1) is 0 Å². The summed E-state index contributed by atoms with van der Waals surface area (Å²) < 4.78 is 19.5. The van der Waals surface area contributed by atoms with E-state index in [2.05, 4.69) is 0 Å². The molecule has 2 N–H and O–H groups in total. The lowest BCUT2D eigenvalue weighted by molar-refractivity contribution is -0.118. The Labute approximate surface area is 64.7 Å². The maximum Gasteiger partial charge on any atom is 0.253 e. The van der Waals surface area contributed by atoms with Gasteiger partial charge in [0.05, 0.1) is 6.07 Å². The van der Waals surface area contributed by atoms with E-state index in [-0.39, 0.29) is 0 Å². The summed E-state index contributed by atoms with van der Waals surface area (Å²) in [5.41, 5.74) is 4.73. The SMILES string of the molecule is CC(C#N)(C(N)=O)S(C)(=O)=O. The van der Waals surface area contributed by atoms with E-state index in [4.69, 9.17) is 11.0 Å². The summed E-state index contributed by atoms with van der Waals surface area (Å²) in [6.45, 7) is 0.977. The Kier molecular flexibility index (Phi) is 2.26. The summed E-state index contributed by atoms with van der Waals surface area (Å²) in [5, 5.41) is 8.36. The fourth-order valence-corrected chi connectivity index (χ4v) is 0.852.